The predicted molar refractivity (Wildman–Crippen MR) is 118 cm³/mol. The van der Waals surface area contributed by atoms with Gasteiger partial charge in [-0.25, -0.2) is 0 Å². The Bertz CT molecular complexity index is 895. The summed E-state index contributed by atoms with van der Waals surface area (Å²) in [6.45, 7) is 5.91. The van der Waals surface area contributed by atoms with Gasteiger partial charge in [0.05, 0.1) is 0 Å². The number of ether oxygens (including phenoxy) is 1. The first-order valence-corrected chi connectivity index (χ1v) is 9.62. The Morgan fingerprint density at radius 1 is 1.10 bits per heavy atom. The Balaban J connectivity index is 1.76. The first-order chi connectivity index (χ1) is 13.8. The molecule has 7 heteroatoms. The third kappa shape index (κ3) is 7.75. The molecule has 0 saturated carbocycles. The SMILES string of the molecule is Cc1ccc(C(C)C)c(OCC(=O)NNC(=S)NC(=O)C=Cc2ccccc2)c1. The van der Waals surface area contributed by atoms with Crippen LogP contribution in [0.15, 0.2) is 54.6 Å². The molecule has 152 valence electrons. The molecule has 6 nitrogen and oxygen atoms in total. The summed E-state index contributed by atoms with van der Waals surface area (Å²) in [5.41, 5.74) is 7.86. The maximum atomic E-state index is 12.0. The number of hydrogen-bond donors (Lipinski definition) is 3. The van der Waals surface area contributed by atoms with E-state index in [-0.39, 0.29) is 17.6 Å². The summed E-state index contributed by atoms with van der Waals surface area (Å²) < 4.78 is 5.65. The summed E-state index contributed by atoms with van der Waals surface area (Å²) in [5, 5.41) is 2.44. The molecule has 2 aromatic carbocycles. The van der Waals surface area contributed by atoms with E-state index in [1.165, 1.54) is 6.08 Å². The van der Waals surface area contributed by atoms with Crippen molar-refractivity contribution in [3.05, 3.63) is 71.3 Å². The van der Waals surface area contributed by atoms with E-state index in [4.69, 9.17) is 17.0 Å². The van der Waals surface area contributed by atoms with Gasteiger partial charge in [-0.2, -0.15) is 0 Å². The number of nitrogens with one attached hydrogen (secondary N) is 3. The van der Waals surface area contributed by atoms with Crippen LogP contribution in [-0.4, -0.2) is 23.5 Å². The Kier molecular flexibility index (Phi) is 8.36. The highest BCUT2D eigenvalue weighted by Crippen LogP contribution is 2.27. The van der Waals surface area contributed by atoms with Gasteiger partial charge in [-0.05, 0) is 53.9 Å². The third-order valence-corrected chi connectivity index (χ3v) is 4.13. The monoisotopic (exact) mass is 411 g/mol. The zero-order valence-electron chi connectivity index (χ0n) is 16.7. The molecule has 0 unspecified atom stereocenters. The lowest BCUT2D eigenvalue weighted by molar-refractivity contribution is -0.123. The molecule has 0 aromatic heterocycles. The van der Waals surface area contributed by atoms with Crippen LogP contribution in [-0.2, 0) is 9.59 Å². The topological polar surface area (TPSA) is 79.5 Å². The number of hydrogen-bond acceptors (Lipinski definition) is 4. The van der Waals surface area contributed by atoms with Crippen molar-refractivity contribution >= 4 is 35.2 Å². The fourth-order valence-corrected chi connectivity index (χ4v) is 2.62. The zero-order valence-corrected chi connectivity index (χ0v) is 17.5. The van der Waals surface area contributed by atoms with Gasteiger partial charge >= 0.3 is 0 Å². The fourth-order valence-electron chi connectivity index (χ4n) is 2.47. The first kappa shape index (κ1) is 22.1. The highest BCUT2D eigenvalue weighted by atomic mass is 32.1. The minimum Gasteiger partial charge on any atom is -0.483 e. The normalized spacial score (nSPS) is 10.6. The summed E-state index contributed by atoms with van der Waals surface area (Å²) in [6.07, 6.45) is 3.03. The minimum atomic E-state index is -0.419. The quantitative estimate of drug-likeness (QED) is 0.386. The lowest BCUT2D eigenvalue weighted by Gasteiger charge is -2.15. The van der Waals surface area contributed by atoms with Crippen molar-refractivity contribution in [2.45, 2.75) is 26.7 Å². The van der Waals surface area contributed by atoms with Gasteiger partial charge in [-0.1, -0.05) is 56.3 Å². The van der Waals surface area contributed by atoms with Crippen molar-refractivity contribution in [2.24, 2.45) is 0 Å². The maximum Gasteiger partial charge on any atom is 0.276 e. The lowest BCUT2D eigenvalue weighted by atomic mass is 10.0. The molecule has 0 heterocycles. The van der Waals surface area contributed by atoms with Crippen LogP contribution in [0.2, 0.25) is 0 Å². The summed E-state index contributed by atoms with van der Waals surface area (Å²) in [7, 11) is 0. The molecule has 2 amide bonds. The van der Waals surface area contributed by atoms with Crippen LogP contribution < -0.4 is 20.9 Å². The number of thiocarbonyl (C=S) groups is 1. The molecule has 0 spiro atoms. The molecule has 0 fully saturated rings. The van der Waals surface area contributed by atoms with Crippen LogP contribution in [0.25, 0.3) is 6.08 Å². The predicted octanol–water partition coefficient (Wildman–Crippen LogP) is 3.23. The van der Waals surface area contributed by atoms with E-state index in [9.17, 15) is 9.59 Å². The van der Waals surface area contributed by atoms with Crippen molar-refractivity contribution in [3.63, 3.8) is 0 Å². The summed E-state index contributed by atoms with van der Waals surface area (Å²) >= 11 is 5.00. The molecule has 2 rings (SSSR count). The molecule has 29 heavy (non-hydrogen) atoms. The Morgan fingerprint density at radius 3 is 2.52 bits per heavy atom. The van der Waals surface area contributed by atoms with Crippen LogP contribution in [0.3, 0.4) is 0 Å². The Morgan fingerprint density at radius 2 is 1.83 bits per heavy atom. The van der Waals surface area contributed by atoms with Gasteiger partial charge in [0.1, 0.15) is 5.75 Å². The number of amides is 2. The Hall–Kier alpha value is -3.19. The number of hydrazine groups is 1. The van der Waals surface area contributed by atoms with Gasteiger partial charge in [0.2, 0.25) is 5.91 Å². The molecule has 0 bridgehead atoms. The molecule has 0 aliphatic heterocycles. The van der Waals surface area contributed by atoms with E-state index in [2.05, 4.69) is 30.0 Å². The van der Waals surface area contributed by atoms with Crippen molar-refractivity contribution in [1.82, 2.24) is 16.2 Å². The number of rotatable bonds is 6. The molecular weight excluding hydrogens is 386 g/mol. The molecule has 0 aliphatic rings. The molecule has 0 atom stereocenters. The Labute approximate surface area is 176 Å². The zero-order chi connectivity index (χ0) is 21.2. The van der Waals surface area contributed by atoms with Crippen LogP contribution >= 0.6 is 12.2 Å². The van der Waals surface area contributed by atoms with E-state index in [1.807, 2.05) is 55.5 Å². The van der Waals surface area contributed by atoms with Gasteiger partial charge in [-0.3, -0.25) is 25.8 Å². The summed E-state index contributed by atoms with van der Waals surface area (Å²) in [4.78, 5) is 23.9. The van der Waals surface area contributed by atoms with Crippen LogP contribution in [0.4, 0.5) is 0 Å². The number of carbonyl (C=O) groups is 2. The van der Waals surface area contributed by atoms with Crippen molar-refractivity contribution in [1.29, 1.82) is 0 Å². The van der Waals surface area contributed by atoms with E-state index < -0.39 is 11.8 Å². The molecular formula is C22H25N3O3S. The lowest BCUT2D eigenvalue weighted by Crippen LogP contribution is -2.49. The second kappa shape index (κ2) is 11.0. The number of benzene rings is 2. The van der Waals surface area contributed by atoms with Gasteiger partial charge in [0, 0.05) is 6.08 Å². The molecule has 3 N–H and O–H groups in total. The van der Waals surface area contributed by atoms with Crippen LogP contribution in [0, 0.1) is 6.92 Å². The van der Waals surface area contributed by atoms with E-state index in [0.717, 1.165) is 16.7 Å². The maximum absolute atomic E-state index is 12.0. The number of carbonyl (C=O) groups excluding carboxylic acids is 2. The fraction of sp³-hybridized carbons (Fsp3) is 0.227. The standard InChI is InChI=1S/C22H25N3O3S/c1-15(2)18-11-9-16(3)13-19(18)28-14-21(27)24-25-22(29)23-20(26)12-10-17-7-5-4-6-8-17/h4-13,15H,14H2,1-3H3,(H,24,27)(H2,23,25,26,29). The van der Waals surface area contributed by atoms with Gasteiger partial charge in [0.25, 0.3) is 5.91 Å². The van der Waals surface area contributed by atoms with Gasteiger partial charge in [-0.15, -0.1) is 0 Å². The smallest absolute Gasteiger partial charge is 0.276 e. The number of aryl methyl sites for hydroxylation is 1. The average molecular weight is 412 g/mol. The van der Waals surface area contributed by atoms with Gasteiger partial charge < -0.3 is 4.74 Å². The van der Waals surface area contributed by atoms with Crippen molar-refractivity contribution in [2.75, 3.05) is 6.61 Å². The van der Waals surface area contributed by atoms with Crippen molar-refractivity contribution < 1.29 is 14.3 Å². The van der Waals surface area contributed by atoms with E-state index >= 15 is 0 Å². The third-order valence-electron chi connectivity index (χ3n) is 3.93. The summed E-state index contributed by atoms with van der Waals surface area (Å²) in [5.74, 6) is 0.131. The molecule has 0 aliphatic carbocycles. The highest BCUT2D eigenvalue weighted by molar-refractivity contribution is 7.80. The highest BCUT2D eigenvalue weighted by Gasteiger charge is 2.10. The second-order valence-electron chi connectivity index (χ2n) is 6.72. The van der Waals surface area contributed by atoms with Crippen LogP contribution in [0.1, 0.15) is 36.5 Å². The van der Waals surface area contributed by atoms with E-state index in [1.54, 1.807) is 6.08 Å². The second-order valence-corrected chi connectivity index (χ2v) is 7.13. The van der Waals surface area contributed by atoms with Gasteiger partial charge in [0.15, 0.2) is 11.7 Å². The molecule has 2 aromatic rings. The average Bonchev–Trinajstić information content (AvgIpc) is 2.69. The van der Waals surface area contributed by atoms with E-state index in [0.29, 0.717) is 5.75 Å². The first-order valence-electron chi connectivity index (χ1n) is 9.21. The molecule has 0 radical (unpaired) electrons. The largest absolute Gasteiger partial charge is 0.483 e. The molecule has 0 saturated heterocycles. The summed E-state index contributed by atoms with van der Waals surface area (Å²) in [6, 6.07) is 15.3. The van der Waals surface area contributed by atoms with Crippen LogP contribution in [0.5, 0.6) is 5.75 Å². The van der Waals surface area contributed by atoms with Crippen molar-refractivity contribution in [3.8, 4) is 5.75 Å². The minimum absolute atomic E-state index is 0.0144.